The van der Waals surface area contributed by atoms with E-state index in [4.69, 9.17) is 0 Å². The van der Waals surface area contributed by atoms with Crippen LogP contribution in [0.2, 0.25) is 0 Å². The minimum atomic E-state index is -0.263. The van der Waals surface area contributed by atoms with E-state index in [2.05, 4.69) is 31.3 Å². The molecular weight excluding hydrogens is 332 g/mol. The first kappa shape index (κ1) is 13.8. The Morgan fingerprint density at radius 1 is 1.33 bits per heavy atom. The summed E-state index contributed by atoms with van der Waals surface area (Å²) in [4.78, 5) is 16.6. The molecule has 0 atom stereocenters. The van der Waals surface area contributed by atoms with E-state index < -0.39 is 0 Å². The average Bonchev–Trinajstić information content (AvgIpc) is 2.81. The normalized spacial score (nSPS) is 10.8. The van der Waals surface area contributed by atoms with Crippen molar-refractivity contribution in [3.8, 4) is 0 Å². The lowest BCUT2D eigenvalue weighted by Crippen LogP contribution is -2.14. The van der Waals surface area contributed by atoms with E-state index in [9.17, 15) is 4.79 Å². The predicted molar refractivity (Wildman–Crippen MR) is 85.3 cm³/mol. The standard InChI is InChI=1S/C15H13BrN4O/c1-9-7-13(17-8-11(9)16)18-15(21)14-10-5-3-4-6-12(10)20(2)19-14/h3-8H,1-2H3,(H,17,18,21). The van der Waals surface area contributed by atoms with Crippen molar-refractivity contribution in [1.82, 2.24) is 14.8 Å². The number of pyridine rings is 1. The first-order valence-electron chi connectivity index (χ1n) is 6.41. The van der Waals surface area contributed by atoms with Gasteiger partial charge in [-0.05, 0) is 40.5 Å². The second-order valence-corrected chi connectivity index (χ2v) is 5.62. The second-order valence-electron chi connectivity index (χ2n) is 4.76. The van der Waals surface area contributed by atoms with Gasteiger partial charge in [-0.1, -0.05) is 18.2 Å². The number of benzene rings is 1. The molecule has 1 amide bonds. The number of amides is 1. The number of hydrogen-bond donors (Lipinski definition) is 1. The molecule has 1 N–H and O–H groups in total. The monoisotopic (exact) mass is 344 g/mol. The SMILES string of the molecule is Cc1cc(NC(=O)c2nn(C)c3ccccc23)ncc1Br. The van der Waals surface area contributed by atoms with Crippen molar-refractivity contribution >= 4 is 38.6 Å². The number of carbonyl (C=O) groups is 1. The van der Waals surface area contributed by atoms with Gasteiger partial charge >= 0.3 is 0 Å². The Hall–Kier alpha value is -2.21. The van der Waals surface area contributed by atoms with Crippen LogP contribution in [0.25, 0.3) is 10.9 Å². The summed E-state index contributed by atoms with van der Waals surface area (Å²) in [5, 5.41) is 7.90. The Morgan fingerprint density at radius 2 is 2.10 bits per heavy atom. The van der Waals surface area contributed by atoms with Gasteiger partial charge in [0.1, 0.15) is 5.82 Å². The van der Waals surface area contributed by atoms with E-state index in [-0.39, 0.29) is 5.91 Å². The summed E-state index contributed by atoms with van der Waals surface area (Å²) < 4.78 is 2.61. The van der Waals surface area contributed by atoms with Gasteiger partial charge in [-0.2, -0.15) is 5.10 Å². The Labute approximate surface area is 130 Å². The largest absolute Gasteiger partial charge is 0.305 e. The maximum atomic E-state index is 12.4. The van der Waals surface area contributed by atoms with E-state index in [0.29, 0.717) is 11.5 Å². The van der Waals surface area contributed by atoms with Crippen LogP contribution in [0, 0.1) is 6.92 Å². The molecule has 0 saturated carbocycles. The smallest absolute Gasteiger partial charge is 0.277 e. The summed E-state index contributed by atoms with van der Waals surface area (Å²) in [5.74, 6) is 0.247. The Balaban J connectivity index is 1.95. The molecule has 0 fully saturated rings. The van der Waals surface area contributed by atoms with Gasteiger partial charge in [0.25, 0.3) is 5.91 Å². The van der Waals surface area contributed by atoms with Crippen LogP contribution in [0.5, 0.6) is 0 Å². The maximum Gasteiger partial charge on any atom is 0.277 e. The summed E-state index contributed by atoms with van der Waals surface area (Å²) in [5.41, 5.74) is 2.32. The molecule has 0 radical (unpaired) electrons. The summed E-state index contributed by atoms with van der Waals surface area (Å²) in [7, 11) is 1.82. The highest BCUT2D eigenvalue weighted by Crippen LogP contribution is 2.20. The summed E-state index contributed by atoms with van der Waals surface area (Å²) in [6.07, 6.45) is 1.67. The van der Waals surface area contributed by atoms with Crippen LogP contribution in [0.3, 0.4) is 0 Å². The van der Waals surface area contributed by atoms with Crippen molar-refractivity contribution in [2.45, 2.75) is 6.92 Å². The van der Waals surface area contributed by atoms with Gasteiger partial charge in [-0.15, -0.1) is 0 Å². The molecule has 2 heterocycles. The predicted octanol–water partition coefficient (Wildman–Crippen LogP) is 3.29. The van der Waals surface area contributed by atoms with Crippen molar-refractivity contribution in [3.05, 3.63) is 52.3 Å². The first-order chi connectivity index (χ1) is 10.1. The van der Waals surface area contributed by atoms with E-state index in [1.165, 1.54) is 0 Å². The molecule has 0 unspecified atom stereocenters. The van der Waals surface area contributed by atoms with Gasteiger partial charge in [0.15, 0.2) is 5.69 Å². The van der Waals surface area contributed by atoms with Crippen molar-refractivity contribution in [2.75, 3.05) is 5.32 Å². The average molecular weight is 345 g/mol. The fourth-order valence-corrected chi connectivity index (χ4v) is 2.38. The number of carbonyl (C=O) groups excluding carboxylic acids is 1. The number of aryl methyl sites for hydroxylation is 2. The van der Waals surface area contributed by atoms with Crippen molar-refractivity contribution < 1.29 is 4.79 Å². The van der Waals surface area contributed by atoms with Crippen LogP contribution in [-0.4, -0.2) is 20.7 Å². The molecule has 106 valence electrons. The van der Waals surface area contributed by atoms with Gasteiger partial charge in [0.05, 0.1) is 5.52 Å². The lowest BCUT2D eigenvalue weighted by atomic mass is 10.2. The molecule has 1 aromatic carbocycles. The molecule has 0 aliphatic rings. The zero-order chi connectivity index (χ0) is 15.0. The zero-order valence-corrected chi connectivity index (χ0v) is 13.2. The lowest BCUT2D eigenvalue weighted by molar-refractivity contribution is 0.102. The topological polar surface area (TPSA) is 59.8 Å². The number of halogens is 1. The van der Waals surface area contributed by atoms with Crippen LogP contribution in [0.4, 0.5) is 5.82 Å². The number of aromatic nitrogens is 3. The summed E-state index contributed by atoms with van der Waals surface area (Å²) in [6.45, 7) is 1.94. The molecule has 6 heteroatoms. The van der Waals surface area contributed by atoms with Crippen LogP contribution >= 0.6 is 15.9 Å². The van der Waals surface area contributed by atoms with E-state index in [0.717, 1.165) is 20.9 Å². The minimum absolute atomic E-state index is 0.263. The number of hydrogen-bond acceptors (Lipinski definition) is 3. The van der Waals surface area contributed by atoms with Gasteiger partial charge in [-0.25, -0.2) is 4.98 Å². The number of para-hydroxylation sites is 1. The number of nitrogens with zero attached hydrogens (tertiary/aromatic N) is 3. The van der Waals surface area contributed by atoms with E-state index in [1.54, 1.807) is 10.9 Å². The van der Waals surface area contributed by atoms with E-state index in [1.807, 2.05) is 44.3 Å². The molecule has 0 aliphatic carbocycles. The molecule has 0 saturated heterocycles. The molecule has 0 aliphatic heterocycles. The Kier molecular flexibility index (Phi) is 3.47. The highest BCUT2D eigenvalue weighted by atomic mass is 79.9. The summed E-state index contributed by atoms with van der Waals surface area (Å²) >= 11 is 3.39. The lowest BCUT2D eigenvalue weighted by Gasteiger charge is -2.04. The number of fused-ring (bicyclic) bond motifs is 1. The number of rotatable bonds is 2. The molecule has 3 rings (SSSR count). The van der Waals surface area contributed by atoms with Crippen LogP contribution in [-0.2, 0) is 7.05 Å². The highest BCUT2D eigenvalue weighted by Gasteiger charge is 2.16. The maximum absolute atomic E-state index is 12.4. The molecule has 5 nitrogen and oxygen atoms in total. The highest BCUT2D eigenvalue weighted by molar-refractivity contribution is 9.10. The van der Waals surface area contributed by atoms with Crippen molar-refractivity contribution in [2.24, 2.45) is 7.05 Å². The third-order valence-corrected chi connectivity index (χ3v) is 4.09. The Bertz CT molecular complexity index is 841. The van der Waals surface area contributed by atoms with Gasteiger partial charge in [0.2, 0.25) is 0 Å². The minimum Gasteiger partial charge on any atom is -0.305 e. The fraction of sp³-hybridized carbons (Fsp3) is 0.133. The van der Waals surface area contributed by atoms with Crippen LogP contribution in [0.15, 0.2) is 41.0 Å². The van der Waals surface area contributed by atoms with Gasteiger partial charge in [-0.3, -0.25) is 9.48 Å². The first-order valence-corrected chi connectivity index (χ1v) is 7.21. The van der Waals surface area contributed by atoms with Crippen LogP contribution < -0.4 is 5.32 Å². The Morgan fingerprint density at radius 3 is 2.86 bits per heavy atom. The van der Waals surface area contributed by atoms with Gasteiger partial charge < -0.3 is 5.32 Å². The molecule has 21 heavy (non-hydrogen) atoms. The molecular formula is C15H13BrN4O. The number of anilines is 1. The second kappa shape index (κ2) is 5.29. The fourth-order valence-electron chi connectivity index (χ4n) is 2.16. The number of nitrogens with one attached hydrogen (secondary N) is 1. The molecule has 2 aromatic heterocycles. The third kappa shape index (κ3) is 2.54. The van der Waals surface area contributed by atoms with E-state index >= 15 is 0 Å². The van der Waals surface area contributed by atoms with Crippen molar-refractivity contribution in [1.29, 1.82) is 0 Å². The summed E-state index contributed by atoms with van der Waals surface area (Å²) in [6, 6.07) is 9.44. The molecule has 3 aromatic rings. The quantitative estimate of drug-likeness (QED) is 0.775. The third-order valence-electron chi connectivity index (χ3n) is 3.26. The van der Waals surface area contributed by atoms with Crippen LogP contribution in [0.1, 0.15) is 16.1 Å². The van der Waals surface area contributed by atoms with Gasteiger partial charge in [0, 0.05) is 23.1 Å². The van der Waals surface area contributed by atoms with Crippen molar-refractivity contribution in [3.63, 3.8) is 0 Å². The zero-order valence-electron chi connectivity index (χ0n) is 11.6. The molecule has 0 bridgehead atoms. The molecule has 0 spiro atoms.